The molecular formula is C19H20N4O. The van der Waals surface area contributed by atoms with Crippen LogP contribution in [0.15, 0.2) is 60.8 Å². The van der Waals surface area contributed by atoms with Crippen molar-refractivity contribution < 1.29 is 4.79 Å². The fraction of sp³-hybridized carbons (Fsp3) is 0.158. The zero-order valence-electron chi connectivity index (χ0n) is 13.8. The van der Waals surface area contributed by atoms with Crippen molar-refractivity contribution in [1.82, 2.24) is 9.55 Å². The molecule has 1 heterocycles. The lowest BCUT2D eigenvalue weighted by molar-refractivity contribution is 0.262. The smallest absolute Gasteiger partial charge is 0.313 e. The second-order valence-corrected chi connectivity index (χ2v) is 5.52. The predicted molar refractivity (Wildman–Crippen MR) is 97.1 cm³/mol. The molecule has 5 heteroatoms. The summed E-state index contributed by atoms with van der Waals surface area (Å²) in [6, 6.07) is 17.4. The monoisotopic (exact) mass is 320 g/mol. The Morgan fingerprint density at radius 1 is 1.04 bits per heavy atom. The fourth-order valence-corrected chi connectivity index (χ4v) is 2.49. The minimum Gasteiger partial charge on any atom is -0.313 e. The largest absolute Gasteiger partial charge is 0.326 e. The number of carbonyl (C=O) groups is 1. The summed E-state index contributed by atoms with van der Waals surface area (Å²) in [4.78, 5) is 16.5. The molecule has 0 aliphatic rings. The van der Waals surface area contributed by atoms with Crippen LogP contribution in [0.2, 0.25) is 0 Å². The minimum absolute atomic E-state index is 0.312. The van der Waals surface area contributed by atoms with E-state index in [1.165, 1.54) is 5.56 Å². The van der Waals surface area contributed by atoms with Gasteiger partial charge in [-0.15, -0.1) is 0 Å². The molecule has 2 amide bonds. The third-order valence-electron chi connectivity index (χ3n) is 3.90. The predicted octanol–water partition coefficient (Wildman–Crippen LogP) is 4.29. The van der Waals surface area contributed by atoms with E-state index in [4.69, 9.17) is 0 Å². The first-order valence-electron chi connectivity index (χ1n) is 7.91. The van der Waals surface area contributed by atoms with Gasteiger partial charge in [0.25, 0.3) is 0 Å². The Bertz CT molecular complexity index is 822. The lowest BCUT2D eigenvalue weighted by Gasteiger charge is -2.09. The number of hydrogen-bond acceptors (Lipinski definition) is 2. The van der Waals surface area contributed by atoms with Crippen LogP contribution in [0.1, 0.15) is 12.5 Å². The van der Waals surface area contributed by atoms with Gasteiger partial charge in [-0.05, 0) is 29.7 Å². The first-order valence-corrected chi connectivity index (χ1v) is 7.91. The molecule has 2 aromatic carbocycles. The molecule has 1 aromatic heterocycles. The van der Waals surface area contributed by atoms with Crippen molar-refractivity contribution in [2.45, 2.75) is 13.3 Å². The summed E-state index contributed by atoms with van der Waals surface area (Å²) in [5, 5.41) is 5.59. The molecule has 0 aliphatic heterocycles. The SMILES string of the molecule is CCc1ccc(NC(=O)Nc2ncc(-c3ccccc3)n2C)cc1. The number of rotatable bonds is 4. The molecule has 0 unspecified atom stereocenters. The Hall–Kier alpha value is -3.08. The third kappa shape index (κ3) is 3.46. The maximum Gasteiger partial charge on any atom is 0.326 e. The summed E-state index contributed by atoms with van der Waals surface area (Å²) in [6.45, 7) is 2.10. The summed E-state index contributed by atoms with van der Waals surface area (Å²) in [5.41, 5.74) is 3.98. The molecule has 3 aromatic rings. The Morgan fingerprint density at radius 3 is 2.42 bits per heavy atom. The summed E-state index contributed by atoms with van der Waals surface area (Å²) in [6.07, 6.45) is 2.73. The highest BCUT2D eigenvalue weighted by Crippen LogP contribution is 2.21. The van der Waals surface area contributed by atoms with Crippen LogP contribution in [0.3, 0.4) is 0 Å². The average Bonchev–Trinajstić information content (AvgIpc) is 2.97. The highest BCUT2D eigenvalue weighted by Gasteiger charge is 2.11. The highest BCUT2D eigenvalue weighted by atomic mass is 16.2. The van der Waals surface area contributed by atoms with Crippen molar-refractivity contribution >= 4 is 17.7 Å². The van der Waals surface area contributed by atoms with E-state index in [9.17, 15) is 4.79 Å². The maximum absolute atomic E-state index is 12.2. The quantitative estimate of drug-likeness (QED) is 0.753. The minimum atomic E-state index is -0.312. The molecular weight excluding hydrogens is 300 g/mol. The van der Waals surface area contributed by atoms with Crippen molar-refractivity contribution in [1.29, 1.82) is 0 Å². The van der Waals surface area contributed by atoms with E-state index >= 15 is 0 Å². The Balaban J connectivity index is 1.69. The van der Waals surface area contributed by atoms with Crippen LogP contribution in [0, 0.1) is 0 Å². The standard InChI is InChI=1S/C19H20N4O/c1-3-14-9-11-16(12-10-14)21-19(24)22-18-20-13-17(23(18)2)15-7-5-4-6-8-15/h4-13H,3H2,1-2H3,(H2,20,21,22,24). The van der Waals surface area contributed by atoms with Crippen LogP contribution in [0.5, 0.6) is 0 Å². The van der Waals surface area contributed by atoms with Crippen molar-refractivity contribution in [3.63, 3.8) is 0 Å². The van der Waals surface area contributed by atoms with Crippen molar-refractivity contribution in [2.24, 2.45) is 7.05 Å². The molecule has 0 saturated carbocycles. The number of imidazole rings is 1. The molecule has 0 radical (unpaired) electrons. The van der Waals surface area contributed by atoms with E-state index < -0.39 is 0 Å². The van der Waals surface area contributed by atoms with E-state index in [-0.39, 0.29) is 6.03 Å². The second kappa shape index (κ2) is 7.00. The summed E-state index contributed by atoms with van der Waals surface area (Å²) in [7, 11) is 1.88. The normalized spacial score (nSPS) is 10.4. The van der Waals surface area contributed by atoms with E-state index in [2.05, 4.69) is 22.5 Å². The van der Waals surface area contributed by atoms with Crippen molar-refractivity contribution in [2.75, 3.05) is 10.6 Å². The van der Waals surface area contributed by atoms with Crippen LogP contribution < -0.4 is 10.6 Å². The number of carbonyl (C=O) groups excluding carboxylic acids is 1. The van der Waals surface area contributed by atoms with Gasteiger partial charge in [-0.3, -0.25) is 5.32 Å². The van der Waals surface area contributed by atoms with Crippen LogP contribution >= 0.6 is 0 Å². The first-order chi connectivity index (χ1) is 11.7. The number of benzene rings is 2. The third-order valence-corrected chi connectivity index (χ3v) is 3.90. The Morgan fingerprint density at radius 2 is 1.75 bits per heavy atom. The topological polar surface area (TPSA) is 59.0 Å². The maximum atomic E-state index is 12.2. The number of anilines is 2. The highest BCUT2D eigenvalue weighted by molar-refractivity contribution is 5.98. The number of urea groups is 1. The summed E-state index contributed by atoms with van der Waals surface area (Å²) in [5.74, 6) is 0.497. The van der Waals surface area contributed by atoms with E-state index in [1.807, 2.05) is 66.2 Å². The number of nitrogens with zero attached hydrogens (tertiary/aromatic N) is 2. The van der Waals surface area contributed by atoms with Crippen LogP contribution in [0.25, 0.3) is 11.3 Å². The van der Waals surface area contributed by atoms with Gasteiger partial charge in [-0.1, -0.05) is 49.4 Å². The van der Waals surface area contributed by atoms with Crippen LogP contribution in [-0.2, 0) is 13.5 Å². The molecule has 0 spiro atoms. The zero-order valence-corrected chi connectivity index (χ0v) is 13.8. The van der Waals surface area contributed by atoms with Gasteiger partial charge < -0.3 is 9.88 Å². The van der Waals surface area contributed by atoms with Crippen molar-refractivity contribution in [3.05, 3.63) is 66.4 Å². The van der Waals surface area contributed by atoms with Gasteiger partial charge in [0.05, 0.1) is 11.9 Å². The zero-order chi connectivity index (χ0) is 16.9. The van der Waals surface area contributed by atoms with Crippen molar-refractivity contribution in [3.8, 4) is 11.3 Å². The van der Waals surface area contributed by atoms with Crippen LogP contribution in [-0.4, -0.2) is 15.6 Å². The Kier molecular flexibility index (Phi) is 4.61. The van der Waals surface area contributed by atoms with Crippen LogP contribution in [0.4, 0.5) is 16.4 Å². The molecule has 2 N–H and O–H groups in total. The summed E-state index contributed by atoms with van der Waals surface area (Å²) >= 11 is 0. The molecule has 5 nitrogen and oxygen atoms in total. The number of aromatic nitrogens is 2. The molecule has 0 aliphatic carbocycles. The number of hydrogen-bond donors (Lipinski definition) is 2. The lowest BCUT2D eigenvalue weighted by Crippen LogP contribution is -2.21. The van der Waals surface area contributed by atoms with Gasteiger partial charge in [0.2, 0.25) is 5.95 Å². The molecule has 122 valence electrons. The molecule has 0 bridgehead atoms. The average molecular weight is 320 g/mol. The van der Waals surface area contributed by atoms with Gasteiger partial charge in [0, 0.05) is 12.7 Å². The van der Waals surface area contributed by atoms with Gasteiger partial charge in [-0.25, -0.2) is 9.78 Å². The van der Waals surface area contributed by atoms with E-state index in [0.29, 0.717) is 5.95 Å². The fourth-order valence-electron chi connectivity index (χ4n) is 2.49. The first kappa shape index (κ1) is 15.8. The number of amides is 2. The van der Waals surface area contributed by atoms with E-state index in [0.717, 1.165) is 23.4 Å². The van der Waals surface area contributed by atoms with Gasteiger partial charge in [0.15, 0.2) is 0 Å². The molecule has 3 rings (SSSR count). The molecule has 0 fully saturated rings. The van der Waals surface area contributed by atoms with Gasteiger partial charge >= 0.3 is 6.03 Å². The van der Waals surface area contributed by atoms with E-state index in [1.54, 1.807) is 6.20 Å². The molecule has 0 atom stereocenters. The second-order valence-electron chi connectivity index (χ2n) is 5.52. The Labute approximate surface area is 141 Å². The molecule has 24 heavy (non-hydrogen) atoms. The molecule has 0 saturated heterocycles. The summed E-state index contributed by atoms with van der Waals surface area (Å²) < 4.78 is 1.86. The lowest BCUT2D eigenvalue weighted by atomic mass is 10.1. The number of aryl methyl sites for hydroxylation is 1. The van der Waals surface area contributed by atoms with Gasteiger partial charge in [-0.2, -0.15) is 0 Å². The number of nitrogens with one attached hydrogen (secondary N) is 2. The van der Waals surface area contributed by atoms with Gasteiger partial charge in [0.1, 0.15) is 0 Å².